The number of fused-ring (bicyclic) bond motifs is 1. The van der Waals surface area contributed by atoms with Crippen LogP contribution in [0.3, 0.4) is 0 Å². The Bertz CT molecular complexity index is 726. The fourth-order valence-corrected chi connectivity index (χ4v) is 2.33. The van der Waals surface area contributed by atoms with Crippen molar-refractivity contribution in [2.75, 3.05) is 7.05 Å². The van der Waals surface area contributed by atoms with Gasteiger partial charge in [0.1, 0.15) is 5.76 Å². The van der Waals surface area contributed by atoms with Gasteiger partial charge in [-0.2, -0.15) is 0 Å². The number of nitrogens with zero attached hydrogens (tertiary/aromatic N) is 1. The summed E-state index contributed by atoms with van der Waals surface area (Å²) in [7, 11) is 1.78. The molecule has 0 fully saturated rings. The van der Waals surface area contributed by atoms with Crippen LogP contribution >= 0.6 is 0 Å². The SMILES string of the molecule is CN(Cc1ccco1)C(=O)c1cccc2ccccc12. The largest absolute Gasteiger partial charge is 0.467 e. The lowest BCUT2D eigenvalue weighted by atomic mass is 10.0. The first-order chi connectivity index (χ1) is 9.75. The summed E-state index contributed by atoms with van der Waals surface area (Å²) < 4.78 is 5.28. The molecule has 0 aliphatic carbocycles. The van der Waals surface area contributed by atoms with Crippen LogP contribution in [0.15, 0.2) is 65.3 Å². The van der Waals surface area contributed by atoms with Gasteiger partial charge in [-0.3, -0.25) is 4.79 Å². The zero-order chi connectivity index (χ0) is 13.9. The van der Waals surface area contributed by atoms with Crippen molar-refractivity contribution in [3.05, 3.63) is 72.2 Å². The first kappa shape index (κ1) is 12.5. The molecular formula is C17H15NO2. The Kier molecular flexibility index (Phi) is 3.25. The van der Waals surface area contributed by atoms with Gasteiger partial charge in [-0.05, 0) is 29.0 Å². The van der Waals surface area contributed by atoms with Gasteiger partial charge >= 0.3 is 0 Å². The van der Waals surface area contributed by atoms with E-state index in [0.717, 1.165) is 22.1 Å². The maximum absolute atomic E-state index is 12.6. The van der Waals surface area contributed by atoms with Crippen molar-refractivity contribution in [1.82, 2.24) is 4.90 Å². The molecule has 1 amide bonds. The molecule has 100 valence electrons. The van der Waals surface area contributed by atoms with Gasteiger partial charge in [-0.25, -0.2) is 0 Å². The summed E-state index contributed by atoms with van der Waals surface area (Å²) in [6.45, 7) is 0.467. The van der Waals surface area contributed by atoms with Crippen molar-refractivity contribution >= 4 is 16.7 Å². The third-order valence-corrected chi connectivity index (χ3v) is 3.34. The Hall–Kier alpha value is -2.55. The number of benzene rings is 2. The van der Waals surface area contributed by atoms with E-state index in [0.29, 0.717) is 6.54 Å². The second kappa shape index (κ2) is 5.21. The molecule has 3 heteroatoms. The van der Waals surface area contributed by atoms with E-state index in [4.69, 9.17) is 4.42 Å². The highest BCUT2D eigenvalue weighted by Crippen LogP contribution is 2.20. The molecule has 0 unspecified atom stereocenters. The van der Waals surface area contributed by atoms with Gasteiger partial charge in [0.2, 0.25) is 0 Å². The van der Waals surface area contributed by atoms with Crippen LogP contribution in [0.2, 0.25) is 0 Å². The van der Waals surface area contributed by atoms with Crippen molar-refractivity contribution in [1.29, 1.82) is 0 Å². The Labute approximate surface area is 117 Å². The predicted octanol–water partition coefficient (Wildman–Crippen LogP) is 3.71. The third-order valence-electron chi connectivity index (χ3n) is 3.34. The molecule has 0 saturated carbocycles. The van der Waals surface area contributed by atoms with Gasteiger partial charge in [0.25, 0.3) is 5.91 Å². The lowest BCUT2D eigenvalue weighted by Crippen LogP contribution is -2.26. The number of hydrogen-bond donors (Lipinski definition) is 0. The van der Waals surface area contributed by atoms with Crippen LogP contribution in [0, 0.1) is 0 Å². The van der Waals surface area contributed by atoms with Gasteiger partial charge in [-0.15, -0.1) is 0 Å². The summed E-state index contributed by atoms with van der Waals surface area (Å²) >= 11 is 0. The molecule has 3 nitrogen and oxygen atoms in total. The zero-order valence-electron chi connectivity index (χ0n) is 11.2. The first-order valence-electron chi connectivity index (χ1n) is 6.51. The molecule has 0 spiro atoms. The monoisotopic (exact) mass is 265 g/mol. The average molecular weight is 265 g/mol. The first-order valence-corrected chi connectivity index (χ1v) is 6.51. The van der Waals surface area contributed by atoms with Crippen molar-refractivity contribution in [3.63, 3.8) is 0 Å². The smallest absolute Gasteiger partial charge is 0.254 e. The Morgan fingerprint density at radius 2 is 1.85 bits per heavy atom. The predicted molar refractivity (Wildman–Crippen MR) is 78.5 cm³/mol. The van der Waals surface area contributed by atoms with E-state index in [1.807, 2.05) is 54.6 Å². The lowest BCUT2D eigenvalue weighted by molar-refractivity contribution is 0.0777. The van der Waals surface area contributed by atoms with E-state index in [9.17, 15) is 4.79 Å². The third kappa shape index (κ3) is 2.30. The van der Waals surface area contributed by atoms with Crippen molar-refractivity contribution in [2.45, 2.75) is 6.54 Å². The number of amides is 1. The highest BCUT2D eigenvalue weighted by Gasteiger charge is 2.15. The van der Waals surface area contributed by atoms with E-state index in [1.165, 1.54) is 0 Å². The van der Waals surface area contributed by atoms with Gasteiger partial charge in [0.05, 0.1) is 12.8 Å². The molecule has 0 bridgehead atoms. The summed E-state index contributed by atoms with van der Waals surface area (Å²) in [6.07, 6.45) is 1.62. The van der Waals surface area contributed by atoms with E-state index >= 15 is 0 Å². The minimum Gasteiger partial charge on any atom is -0.467 e. The second-order valence-electron chi connectivity index (χ2n) is 4.77. The molecule has 2 aromatic carbocycles. The topological polar surface area (TPSA) is 33.5 Å². The molecule has 0 aliphatic heterocycles. The van der Waals surface area contributed by atoms with Gasteiger partial charge < -0.3 is 9.32 Å². The van der Waals surface area contributed by atoms with Crippen LogP contribution < -0.4 is 0 Å². The molecular weight excluding hydrogens is 250 g/mol. The summed E-state index contributed by atoms with van der Waals surface area (Å²) in [6, 6.07) is 17.4. The van der Waals surface area contributed by atoms with Crippen LogP contribution in [0.1, 0.15) is 16.1 Å². The fourth-order valence-electron chi connectivity index (χ4n) is 2.33. The Balaban J connectivity index is 1.92. The number of hydrogen-bond acceptors (Lipinski definition) is 2. The van der Waals surface area contributed by atoms with Crippen molar-refractivity contribution in [3.8, 4) is 0 Å². The summed E-state index contributed by atoms with van der Waals surface area (Å²) in [5.41, 5.74) is 0.720. The summed E-state index contributed by atoms with van der Waals surface area (Å²) in [4.78, 5) is 14.2. The molecule has 0 aliphatic rings. The maximum Gasteiger partial charge on any atom is 0.254 e. The molecule has 1 heterocycles. The molecule has 3 aromatic rings. The lowest BCUT2D eigenvalue weighted by Gasteiger charge is -2.17. The molecule has 0 atom stereocenters. The minimum atomic E-state index is -0.00167. The van der Waals surface area contributed by atoms with E-state index in [1.54, 1.807) is 18.2 Å². The number of carbonyl (C=O) groups excluding carboxylic acids is 1. The maximum atomic E-state index is 12.6. The van der Waals surface area contributed by atoms with E-state index in [-0.39, 0.29) is 5.91 Å². The number of furan rings is 1. The number of rotatable bonds is 3. The molecule has 0 N–H and O–H groups in total. The van der Waals surface area contributed by atoms with E-state index < -0.39 is 0 Å². The van der Waals surface area contributed by atoms with Crippen LogP contribution in [0.25, 0.3) is 10.8 Å². The minimum absolute atomic E-state index is 0.00167. The molecule has 0 saturated heterocycles. The second-order valence-corrected chi connectivity index (χ2v) is 4.77. The molecule has 0 radical (unpaired) electrons. The standard InChI is InChI=1S/C17H15NO2/c1-18(12-14-8-5-11-20-14)17(19)16-10-4-7-13-6-2-3-9-15(13)16/h2-11H,12H2,1H3. The zero-order valence-corrected chi connectivity index (χ0v) is 11.2. The molecule has 1 aromatic heterocycles. The van der Waals surface area contributed by atoms with Crippen LogP contribution in [-0.2, 0) is 6.54 Å². The van der Waals surface area contributed by atoms with Crippen LogP contribution in [0.4, 0.5) is 0 Å². The van der Waals surface area contributed by atoms with Crippen molar-refractivity contribution in [2.24, 2.45) is 0 Å². The van der Waals surface area contributed by atoms with Crippen LogP contribution in [-0.4, -0.2) is 17.9 Å². The van der Waals surface area contributed by atoms with Crippen molar-refractivity contribution < 1.29 is 9.21 Å². The Morgan fingerprint density at radius 1 is 1.05 bits per heavy atom. The molecule has 20 heavy (non-hydrogen) atoms. The summed E-state index contributed by atoms with van der Waals surface area (Å²) in [5, 5.41) is 2.05. The average Bonchev–Trinajstić information content (AvgIpc) is 2.99. The highest BCUT2D eigenvalue weighted by molar-refractivity contribution is 6.06. The van der Waals surface area contributed by atoms with E-state index in [2.05, 4.69) is 0 Å². The van der Waals surface area contributed by atoms with Gasteiger partial charge in [0, 0.05) is 12.6 Å². The normalized spacial score (nSPS) is 10.7. The number of carbonyl (C=O) groups is 1. The quantitative estimate of drug-likeness (QED) is 0.723. The van der Waals surface area contributed by atoms with Gasteiger partial charge in [0.15, 0.2) is 0 Å². The molecule has 3 rings (SSSR count). The summed E-state index contributed by atoms with van der Waals surface area (Å²) in [5.74, 6) is 0.777. The fraction of sp³-hybridized carbons (Fsp3) is 0.118. The van der Waals surface area contributed by atoms with Crippen LogP contribution in [0.5, 0.6) is 0 Å². The highest BCUT2D eigenvalue weighted by atomic mass is 16.3. The Morgan fingerprint density at radius 3 is 2.65 bits per heavy atom. The van der Waals surface area contributed by atoms with Gasteiger partial charge in [-0.1, -0.05) is 36.4 Å².